The Labute approximate surface area is 184 Å². The Balaban J connectivity index is 1.45. The van der Waals surface area contributed by atoms with Gasteiger partial charge in [0.25, 0.3) is 5.89 Å². The minimum atomic E-state index is -1.23. The maximum Gasteiger partial charge on any atom is 0.307 e. The van der Waals surface area contributed by atoms with Gasteiger partial charge in [-0.3, -0.25) is 4.98 Å². The highest BCUT2D eigenvalue weighted by Gasteiger charge is 2.14. The van der Waals surface area contributed by atoms with Gasteiger partial charge in [-0.05, 0) is 44.2 Å². The maximum absolute atomic E-state index is 12.3. The molecule has 30 heavy (non-hydrogen) atoms. The maximum atomic E-state index is 12.3. The fourth-order valence-corrected chi connectivity index (χ4v) is 4.23. The largest absolute Gasteiger partial charge is 0.408 e. The molecule has 2 heterocycles. The van der Waals surface area contributed by atoms with E-state index in [1.165, 1.54) is 70.6 Å². The summed E-state index contributed by atoms with van der Waals surface area (Å²) in [5.41, 5.74) is 0.606. The number of hydrogen-bond acceptors (Lipinski definition) is 5. The Hall–Kier alpha value is -1.82. The molecule has 0 aromatic carbocycles. The molecule has 0 amide bonds. The highest BCUT2D eigenvalue weighted by Crippen LogP contribution is 2.17. The molecule has 0 aliphatic rings. The summed E-state index contributed by atoms with van der Waals surface area (Å²) in [5.74, 6) is 0.894. The van der Waals surface area contributed by atoms with Crippen molar-refractivity contribution in [3.8, 4) is 11.6 Å². The van der Waals surface area contributed by atoms with Crippen LogP contribution in [-0.2, 0) is 10.8 Å². The van der Waals surface area contributed by atoms with Crippen LogP contribution in [0.15, 0.2) is 46.2 Å². The van der Waals surface area contributed by atoms with Crippen LogP contribution < -0.4 is 0 Å². The Morgan fingerprint density at radius 1 is 0.867 bits per heavy atom. The normalized spacial score (nSPS) is 12.6. The smallest absolute Gasteiger partial charge is 0.307 e. The molecule has 1 unspecified atom stereocenters. The fourth-order valence-electron chi connectivity index (χ4n) is 3.29. The third kappa shape index (κ3) is 10.3. The molecule has 0 saturated heterocycles. The zero-order chi connectivity index (χ0) is 21.3. The lowest BCUT2D eigenvalue weighted by Crippen LogP contribution is -1.98. The standard InChI is InChI=1S/C24H37N3O2S/c1-2-3-4-5-6-7-8-9-10-11-12-13-14-15-18-21-30(28)24-27-26-23(29-24)22-19-16-17-20-25-22/h9-10,16-17,19-20H,2-8,11-15,18,21H2,1H3. The molecule has 5 nitrogen and oxygen atoms in total. The van der Waals surface area contributed by atoms with E-state index in [4.69, 9.17) is 4.42 Å². The van der Waals surface area contributed by atoms with Gasteiger partial charge in [-0.2, -0.15) is 0 Å². The second kappa shape index (κ2) is 15.9. The third-order valence-corrected chi connectivity index (χ3v) is 6.29. The molecule has 0 aliphatic carbocycles. The number of allylic oxidation sites excluding steroid dienone is 2. The lowest BCUT2D eigenvalue weighted by molar-refractivity contribution is 0.454. The summed E-state index contributed by atoms with van der Waals surface area (Å²) in [7, 11) is -1.23. The van der Waals surface area contributed by atoms with Gasteiger partial charge in [0.2, 0.25) is 0 Å². The van der Waals surface area contributed by atoms with Crippen molar-refractivity contribution in [3.05, 3.63) is 36.5 Å². The molecule has 0 bridgehead atoms. The van der Waals surface area contributed by atoms with Crippen molar-refractivity contribution in [2.24, 2.45) is 0 Å². The average molecular weight is 432 g/mol. The average Bonchev–Trinajstić information content (AvgIpc) is 3.27. The van der Waals surface area contributed by atoms with Gasteiger partial charge in [0, 0.05) is 11.9 Å². The molecule has 0 radical (unpaired) electrons. The molecule has 1 atom stereocenters. The molecular weight excluding hydrogens is 394 g/mol. The molecule has 2 rings (SSSR count). The minimum absolute atomic E-state index is 0.200. The zero-order valence-electron chi connectivity index (χ0n) is 18.4. The van der Waals surface area contributed by atoms with Gasteiger partial charge in [-0.25, -0.2) is 4.21 Å². The number of nitrogens with zero attached hydrogens (tertiary/aromatic N) is 3. The summed E-state index contributed by atoms with van der Waals surface area (Å²) in [6, 6.07) is 5.48. The quantitative estimate of drug-likeness (QED) is 0.201. The van der Waals surface area contributed by atoms with Crippen LogP contribution in [-0.4, -0.2) is 25.1 Å². The SMILES string of the molecule is CCCCCCCCC=CCCCCCCCS(=O)c1nnc(-c2ccccn2)o1. The van der Waals surface area contributed by atoms with Gasteiger partial charge < -0.3 is 4.42 Å². The van der Waals surface area contributed by atoms with E-state index in [2.05, 4.69) is 34.3 Å². The molecule has 0 saturated carbocycles. The van der Waals surface area contributed by atoms with Crippen LogP contribution in [0.1, 0.15) is 90.4 Å². The van der Waals surface area contributed by atoms with Gasteiger partial charge >= 0.3 is 5.22 Å². The van der Waals surface area contributed by atoms with E-state index in [1.54, 1.807) is 12.3 Å². The van der Waals surface area contributed by atoms with Crippen LogP contribution in [0.25, 0.3) is 11.6 Å². The molecule has 2 aromatic rings. The van der Waals surface area contributed by atoms with E-state index in [0.29, 0.717) is 17.3 Å². The van der Waals surface area contributed by atoms with E-state index in [1.807, 2.05) is 12.1 Å². The van der Waals surface area contributed by atoms with Crippen LogP contribution in [0.4, 0.5) is 0 Å². The van der Waals surface area contributed by atoms with E-state index < -0.39 is 10.8 Å². The Kier molecular flexibility index (Phi) is 13.0. The molecule has 0 N–H and O–H groups in total. The molecular formula is C24H37N3O2S. The summed E-state index contributed by atoms with van der Waals surface area (Å²) in [6.45, 7) is 2.26. The van der Waals surface area contributed by atoms with E-state index >= 15 is 0 Å². The number of aromatic nitrogens is 3. The van der Waals surface area contributed by atoms with Crippen LogP contribution in [0.5, 0.6) is 0 Å². The second-order valence-corrected chi connectivity index (χ2v) is 9.17. The van der Waals surface area contributed by atoms with Gasteiger partial charge in [0.1, 0.15) is 16.5 Å². The summed E-state index contributed by atoms with van der Waals surface area (Å²) < 4.78 is 17.8. The van der Waals surface area contributed by atoms with Crippen LogP contribution in [0.2, 0.25) is 0 Å². The van der Waals surface area contributed by atoms with Gasteiger partial charge in [0.05, 0.1) is 0 Å². The zero-order valence-corrected chi connectivity index (χ0v) is 19.2. The molecule has 166 valence electrons. The first-order valence-corrected chi connectivity index (χ1v) is 12.9. The Morgan fingerprint density at radius 2 is 1.53 bits per heavy atom. The number of unbranched alkanes of at least 4 members (excludes halogenated alkanes) is 11. The third-order valence-electron chi connectivity index (χ3n) is 5.08. The molecule has 2 aromatic heterocycles. The second-order valence-electron chi connectivity index (χ2n) is 7.72. The highest BCUT2D eigenvalue weighted by molar-refractivity contribution is 7.84. The molecule has 0 aliphatic heterocycles. The molecule has 0 fully saturated rings. The Morgan fingerprint density at radius 3 is 2.20 bits per heavy atom. The summed E-state index contributed by atoms with van der Waals surface area (Å²) in [5, 5.41) is 8.07. The lowest BCUT2D eigenvalue weighted by Gasteiger charge is -2.00. The number of rotatable bonds is 17. The first-order chi connectivity index (χ1) is 14.8. The van der Waals surface area contributed by atoms with Crippen molar-refractivity contribution >= 4 is 10.8 Å². The molecule has 6 heteroatoms. The minimum Gasteiger partial charge on any atom is -0.408 e. The van der Waals surface area contributed by atoms with Crippen molar-refractivity contribution in [2.75, 3.05) is 5.75 Å². The number of pyridine rings is 1. The predicted octanol–water partition coefficient (Wildman–Crippen LogP) is 6.89. The summed E-state index contributed by atoms with van der Waals surface area (Å²) in [6.07, 6.45) is 22.7. The van der Waals surface area contributed by atoms with Crippen molar-refractivity contribution in [1.29, 1.82) is 0 Å². The summed E-state index contributed by atoms with van der Waals surface area (Å²) >= 11 is 0. The van der Waals surface area contributed by atoms with Crippen LogP contribution in [0.3, 0.4) is 0 Å². The van der Waals surface area contributed by atoms with Gasteiger partial charge in [0.15, 0.2) is 0 Å². The van der Waals surface area contributed by atoms with E-state index in [0.717, 1.165) is 12.8 Å². The van der Waals surface area contributed by atoms with E-state index in [-0.39, 0.29) is 5.22 Å². The molecule has 0 spiro atoms. The van der Waals surface area contributed by atoms with Crippen molar-refractivity contribution in [2.45, 2.75) is 95.6 Å². The number of hydrogen-bond donors (Lipinski definition) is 0. The first kappa shape index (κ1) is 24.4. The van der Waals surface area contributed by atoms with Crippen LogP contribution in [0, 0.1) is 0 Å². The van der Waals surface area contributed by atoms with Crippen molar-refractivity contribution in [3.63, 3.8) is 0 Å². The lowest BCUT2D eigenvalue weighted by atomic mass is 10.1. The van der Waals surface area contributed by atoms with Gasteiger partial charge in [-0.15, -0.1) is 5.10 Å². The van der Waals surface area contributed by atoms with Gasteiger partial charge in [-0.1, -0.05) is 81.6 Å². The monoisotopic (exact) mass is 431 g/mol. The van der Waals surface area contributed by atoms with Crippen molar-refractivity contribution in [1.82, 2.24) is 15.2 Å². The Bertz CT molecular complexity index is 731. The van der Waals surface area contributed by atoms with Crippen LogP contribution >= 0.6 is 0 Å². The fraction of sp³-hybridized carbons (Fsp3) is 0.625. The first-order valence-electron chi connectivity index (χ1n) is 11.6. The van der Waals surface area contributed by atoms with Crippen molar-refractivity contribution < 1.29 is 8.63 Å². The van der Waals surface area contributed by atoms with E-state index in [9.17, 15) is 4.21 Å². The predicted molar refractivity (Wildman–Crippen MR) is 124 cm³/mol. The highest BCUT2D eigenvalue weighted by atomic mass is 32.2. The summed E-state index contributed by atoms with van der Waals surface area (Å²) in [4.78, 5) is 4.17. The topological polar surface area (TPSA) is 68.9 Å².